The van der Waals surface area contributed by atoms with Gasteiger partial charge in [0.1, 0.15) is 0 Å². The first-order valence-electron chi connectivity index (χ1n) is 7.92. The van der Waals surface area contributed by atoms with Crippen molar-refractivity contribution in [2.24, 2.45) is 0 Å². The van der Waals surface area contributed by atoms with Gasteiger partial charge in [0.15, 0.2) is 0 Å². The number of hydrogen-bond acceptors (Lipinski definition) is 2. The summed E-state index contributed by atoms with van der Waals surface area (Å²) >= 11 is 1.72. The van der Waals surface area contributed by atoms with Gasteiger partial charge in [-0.15, -0.1) is 11.8 Å². The Balaban J connectivity index is 2.01. The Kier molecular flexibility index (Phi) is 6.77. The van der Waals surface area contributed by atoms with Crippen molar-refractivity contribution in [1.29, 1.82) is 0 Å². The lowest BCUT2D eigenvalue weighted by Gasteiger charge is -2.14. The molecular weight excluding hydrogens is 316 g/mol. The highest BCUT2D eigenvalue weighted by Crippen LogP contribution is 2.15. The number of benzene rings is 2. The van der Waals surface area contributed by atoms with Crippen molar-refractivity contribution in [3.63, 3.8) is 0 Å². The molecule has 2 aromatic carbocycles. The Bertz CT molecular complexity index is 727. The fourth-order valence-corrected chi connectivity index (χ4v) is 2.57. The zero-order valence-corrected chi connectivity index (χ0v) is 15.0. The van der Waals surface area contributed by atoms with E-state index in [1.807, 2.05) is 50.2 Å². The molecule has 0 saturated carbocycles. The predicted octanol–water partition coefficient (Wildman–Crippen LogP) is 4.19. The molecule has 1 atom stereocenters. The molecule has 24 heavy (non-hydrogen) atoms. The Morgan fingerprint density at radius 1 is 1.04 bits per heavy atom. The van der Waals surface area contributed by atoms with Crippen molar-refractivity contribution >= 4 is 17.8 Å². The van der Waals surface area contributed by atoms with E-state index in [0.717, 1.165) is 16.7 Å². The van der Waals surface area contributed by atoms with Crippen LogP contribution in [-0.2, 0) is 0 Å². The average molecular weight is 338 g/mol. The molecule has 0 aliphatic rings. The summed E-state index contributed by atoms with van der Waals surface area (Å²) in [5.74, 6) is 6.34. The number of nitrogens with one attached hydrogen (secondary N) is 2. The van der Waals surface area contributed by atoms with Crippen molar-refractivity contribution in [2.45, 2.75) is 24.8 Å². The summed E-state index contributed by atoms with van der Waals surface area (Å²) in [4.78, 5) is 12.8. The highest BCUT2D eigenvalue weighted by Gasteiger charge is 2.07. The van der Waals surface area contributed by atoms with Crippen molar-refractivity contribution < 1.29 is 4.79 Å². The second-order valence-electron chi connectivity index (χ2n) is 5.33. The second-order valence-corrected chi connectivity index (χ2v) is 6.21. The number of amides is 2. The molecule has 0 unspecified atom stereocenters. The summed E-state index contributed by atoms with van der Waals surface area (Å²) in [6.07, 6.45) is 2.06. The number of thioether (sulfide) groups is 1. The highest BCUT2D eigenvalue weighted by atomic mass is 32.2. The molecule has 2 rings (SSSR count). The van der Waals surface area contributed by atoms with Crippen LogP contribution in [0, 0.1) is 11.8 Å². The smallest absolute Gasteiger partial charge is 0.315 e. The van der Waals surface area contributed by atoms with Gasteiger partial charge in [-0.2, -0.15) is 0 Å². The van der Waals surface area contributed by atoms with E-state index in [2.05, 4.69) is 40.9 Å². The Morgan fingerprint density at radius 2 is 1.58 bits per heavy atom. The summed E-state index contributed by atoms with van der Waals surface area (Å²) < 4.78 is 0. The van der Waals surface area contributed by atoms with Crippen LogP contribution in [0.3, 0.4) is 0 Å². The summed E-state index contributed by atoms with van der Waals surface area (Å²) in [6, 6.07) is 16.0. The van der Waals surface area contributed by atoms with E-state index in [0.29, 0.717) is 6.54 Å². The Labute approximate surface area is 148 Å². The minimum absolute atomic E-state index is 0.0438. The first kappa shape index (κ1) is 18.0. The topological polar surface area (TPSA) is 41.1 Å². The van der Waals surface area contributed by atoms with Crippen LogP contribution in [0.25, 0.3) is 0 Å². The minimum atomic E-state index is -0.150. The molecule has 2 aromatic rings. The minimum Gasteiger partial charge on any atom is -0.338 e. The van der Waals surface area contributed by atoms with Crippen LogP contribution in [0.2, 0.25) is 0 Å². The van der Waals surface area contributed by atoms with Gasteiger partial charge in [-0.3, -0.25) is 0 Å². The Hall–Kier alpha value is -2.38. The normalized spacial score (nSPS) is 11.1. The van der Waals surface area contributed by atoms with E-state index in [1.54, 1.807) is 11.8 Å². The van der Waals surface area contributed by atoms with Crippen LogP contribution in [0.4, 0.5) is 4.79 Å². The molecule has 124 valence electrons. The van der Waals surface area contributed by atoms with Gasteiger partial charge in [0.2, 0.25) is 0 Å². The lowest BCUT2D eigenvalue weighted by molar-refractivity contribution is 0.238. The number of hydrogen-bond donors (Lipinski definition) is 2. The third-order valence-corrected chi connectivity index (χ3v) is 4.28. The van der Waals surface area contributed by atoms with E-state index in [4.69, 9.17) is 0 Å². The van der Waals surface area contributed by atoms with Crippen molar-refractivity contribution in [3.05, 3.63) is 65.2 Å². The molecule has 0 bridgehead atoms. The predicted molar refractivity (Wildman–Crippen MR) is 101 cm³/mol. The van der Waals surface area contributed by atoms with Crippen LogP contribution < -0.4 is 10.6 Å². The molecule has 0 saturated heterocycles. The number of carbonyl (C=O) groups excluding carboxylic acids is 1. The van der Waals surface area contributed by atoms with Gasteiger partial charge in [0, 0.05) is 22.6 Å². The monoisotopic (exact) mass is 338 g/mol. The molecule has 0 aromatic heterocycles. The van der Waals surface area contributed by atoms with E-state index < -0.39 is 0 Å². The summed E-state index contributed by atoms with van der Waals surface area (Å²) in [5.41, 5.74) is 3.01. The fourth-order valence-electron chi connectivity index (χ4n) is 2.17. The molecule has 2 amide bonds. The third kappa shape index (κ3) is 5.36. The maximum atomic E-state index is 11.6. The third-order valence-electron chi connectivity index (χ3n) is 3.54. The second kappa shape index (κ2) is 9.05. The van der Waals surface area contributed by atoms with Gasteiger partial charge >= 0.3 is 6.03 Å². The van der Waals surface area contributed by atoms with Gasteiger partial charge in [-0.1, -0.05) is 24.0 Å². The van der Waals surface area contributed by atoms with Gasteiger partial charge in [0.25, 0.3) is 0 Å². The van der Waals surface area contributed by atoms with Gasteiger partial charge in [-0.25, -0.2) is 4.79 Å². The number of rotatable bonds is 4. The first-order chi connectivity index (χ1) is 11.6. The molecule has 4 heteroatoms. The SMILES string of the molecule is CCNC(=O)N[C@@H](C)c1ccc(C#Cc2ccc(SC)cc2)cc1. The summed E-state index contributed by atoms with van der Waals surface area (Å²) in [5, 5.41) is 5.63. The largest absolute Gasteiger partial charge is 0.338 e. The molecule has 0 aliphatic carbocycles. The van der Waals surface area contributed by atoms with Gasteiger partial charge in [0.05, 0.1) is 6.04 Å². The van der Waals surface area contributed by atoms with Crippen molar-refractivity contribution in [2.75, 3.05) is 12.8 Å². The lowest BCUT2D eigenvalue weighted by Crippen LogP contribution is -2.36. The summed E-state index contributed by atoms with van der Waals surface area (Å²) in [6.45, 7) is 4.47. The maximum Gasteiger partial charge on any atom is 0.315 e. The van der Waals surface area contributed by atoms with Crippen LogP contribution in [0.5, 0.6) is 0 Å². The first-order valence-corrected chi connectivity index (χ1v) is 9.15. The van der Waals surface area contributed by atoms with Crippen LogP contribution in [-0.4, -0.2) is 18.8 Å². The number of carbonyl (C=O) groups is 1. The molecule has 0 heterocycles. The van der Waals surface area contributed by atoms with Crippen LogP contribution in [0.1, 0.15) is 36.6 Å². The van der Waals surface area contributed by atoms with Gasteiger partial charge in [-0.05, 0) is 62.1 Å². The molecular formula is C20H22N2OS. The van der Waals surface area contributed by atoms with Crippen LogP contribution in [0.15, 0.2) is 53.4 Å². The van der Waals surface area contributed by atoms with E-state index in [1.165, 1.54) is 4.90 Å². The maximum absolute atomic E-state index is 11.6. The Morgan fingerprint density at radius 3 is 2.08 bits per heavy atom. The number of urea groups is 1. The average Bonchev–Trinajstić information content (AvgIpc) is 2.61. The van der Waals surface area contributed by atoms with E-state index >= 15 is 0 Å². The van der Waals surface area contributed by atoms with Crippen molar-refractivity contribution in [3.8, 4) is 11.8 Å². The molecule has 2 N–H and O–H groups in total. The molecule has 0 spiro atoms. The van der Waals surface area contributed by atoms with Crippen molar-refractivity contribution in [1.82, 2.24) is 10.6 Å². The molecule has 3 nitrogen and oxygen atoms in total. The zero-order valence-electron chi connectivity index (χ0n) is 14.2. The fraction of sp³-hybridized carbons (Fsp3) is 0.250. The molecule has 0 aliphatic heterocycles. The van der Waals surface area contributed by atoms with E-state index in [9.17, 15) is 4.79 Å². The summed E-state index contributed by atoms with van der Waals surface area (Å²) in [7, 11) is 0. The van der Waals surface area contributed by atoms with Crippen LogP contribution >= 0.6 is 11.8 Å². The molecule has 0 fully saturated rings. The molecule has 0 radical (unpaired) electrons. The highest BCUT2D eigenvalue weighted by molar-refractivity contribution is 7.98. The standard InChI is InChI=1S/C20H22N2OS/c1-4-21-20(23)22-15(2)18-11-7-16(8-12-18)5-6-17-9-13-19(24-3)14-10-17/h7-15H,4H2,1-3H3,(H2,21,22,23)/t15-/m0/s1. The lowest BCUT2D eigenvalue weighted by atomic mass is 10.1. The van der Waals surface area contributed by atoms with E-state index in [-0.39, 0.29) is 12.1 Å². The zero-order chi connectivity index (χ0) is 17.4. The van der Waals surface area contributed by atoms with Gasteiger partial charge < -0.3 is 10.6 Å². The quantitative estimate of drug-likeness (QED) is 0.648.